The lowest BCUT2D eigenvalue weighted by Gasteiger charge is -2.30. The van der Waals surface area contributed by atoms with Crippen LogP contribution in [0.4, 0.5) is 5.69 Å². The maximum absolute atomic E-state index is 12.9. The Hall–Kier alpha value is -2.68. The predicted molar refractivity (Wildman–Crippen MR) is 121 cm³/mol. The molecule has 0 saturated heterocycles. The van der Waals surface area contributed by atoms with Gasteiger partial charge in [0.2, 0.25) is 0 Å². The molecule has 2 aromatic carbocycles. The second-order valence-electron chi connectivity index (χ2n) is 8.14. The lowest BCUT2D eigenvalue weighted by atomic mass is 9.73. The van der Waals surface area contributed by atoms with Gasteiger partial charge in [0.05, 0.1) is 12.3 Å². The molecule has 3 rings (SSSR count). The average Bonchev–Trinajstić information content (AvgIpc) is 2.71. The highest BCUT2D eigenvalue weighted by molar-refractivity contribution is 6.02. The van der Waals surface area contributed by atoms with Crippen LogP contribution in [0, 0.1) is 17.8 Å². The van der Waals surface area contributed by atoms with Crippen LogP contribution in [0.25, 0.3) is 6.08 Å². The van der Waals surface area contributed by atoms with E-state index in [1.165, 1.54) is 0 Å². The van der Waals surface area contributed by atoms with E-state index in [1.54, 1.807) is 0 Å². The van der Waals surface area contributed by atoms with Gasteiger partial charge in [0.25, 0.3) is 0 Å². The molecule has 0 aromatic heterocycles. The molecule has 1 saturated carbocycles. The Labute approximate surface area is 174 Å². The van der Waals surface area contributed by atoms with Gasteiger partial charge in [0.1, 0.15) is 5.75 Å². The largest absolute Gasteiger partial charge is 0.494 e. The van der Waals surface area contributed by atoms with E-state index in [9.17, 15) is 4.79 Å². The average molecular weight is 390 g/mol. The van der Waals surface area contributed by atoms with Crippen molar-refractivity contribution >= 4 is 23.8 Å². The summed E-state index contributed by atoms with van der Waals surface area (Å²) in [7, 11) is 0. The van der Waals surface area contributed by atoms with Crippen LogP contribution in [0.2, 0.25) is 0 Å². The number of aliphatic imine (C=N–C) groups is 1. The number of Topliss-reactive ketones (excluding diaryl/α,β-unsaturated/α-hetero) is 1. The molecule has 3 nitrogen and oxygen atoms in total. The molecule has 152 valence electrons. The van der Waals surface area contributed by atoms with Crippen molar-refractivity contribution in [1.29, 1.82) is 0 Å². The number of hydrogen-bond donors (Lipinski definition) is 0. The highest BCUT2D eigenvalue weighted by Crippen LogP contribution is 2.35. The number of hydrogen-bond acceptors (Lipinski definition) is 3. The van der Waals surface area contributed by atoms with E-state index in [2.05, 4.69) is 31.8 Å². The normalized spacial score (nSPS) is 21.3. The zero-order chi connectivity index (χ0) is 20.8. The fourth-order valence-corrected chi connectivity index (χ4v) is 3.82. The van der Waals surface area contributed by atoms with Crippen LogP contribution in [0.15, 0.2) is 59.1 Å². The van der Waals surface area contributed by atoms with E-state index in [0.29, 0.717) is 24.2 Å². The second kappa shape index (κ2) is 9.69. The molecule has 2 atom stereocenters. The van der Waals surface area contributed by atoms with Crippen molar-refractivity contribution in [2.24, 2.45) is 22.7 Å². The topological polar surface area (TPSA) is 38.7 Å². The van der Waals surface area contributed by atoms with E-state index < -0.39 is 0 Å². The molecular weight excluding hydrogens is 358 g/mol. The Morgan fingerprint density at radius 3 is 2.31 bits per heavy atom. The quantitative estimate of drug-likeness (QED) is 0.418. The molecule has 1 aliphatic rings. The smallest absolute Gasteiger partial charge is 0.162 e. The summed E-state index contributed by atoms with van der Waals surface area (Å²) in [5.74, 6) is 2.09. The van der Waals surface area contributed by atoms with Crippen molar-refractivity contribution in [3.05, 3.63) is 65.2 Å². The lowest BCUT2D eigenvalue weighted by Crippen LogP contribution is -2.30. The van der Waals surface area contributed by atoms with E-state index in [0.717, 1.165) is 41.0 Å². The molecule has 1 aliphatic carbocycles. The van der Waals surface area contributed by atoms with Crippen molar-refractivity contribution < 1.29 is 9.53 Å². The van der Waals surface area contributed by atoms with Crippen molar-refractivity contribution in [2.45, 2.75) is 40.5 Å². The van der Waals surface area contributed by atoms with Gasteiger partial charge in [-0.05, 0) is 90.8 Å². The molecule has 0 spiro atoms. The van der Waals surface area contributed by atoms with Crippen molar-refractivity contribution in [3.8, 4) is 5.75 Å². The number of allylic oxidation sites excluding steroid dienone is 1. The minimum atomic E-state index is 0.162. The van der Waals surface area contributed by atoms with Gasteiger partial charge in [-0.1, -0.05) is 32.9 Å². The minimum Gasteiger partial charge on any atom is -0.494 e. The Morgan fingerprint density at radius 2 is 1.69 bits per heavy atom. The summed E-state index contributed by atoms with van der Waals surface area (Å²) in [5, 5.41) is 0. The second-order valence-corrected chi connectivity index (χ2v) is 8.14. The molecule has 0 heterocycles. The summed E-state index contributed by atoms with van der Waals surface area (Å²) in [5.41, 5.74) is 3.95. The maximum atomic E-state index is 12.9. The van der Waals surface area contributed by atoms with Crippen LogP contribution < -0.4 is 4.74 Å². The van der Waals surface area contributed by atoms with E-state index in [1.807, 2.05) is 61.7 Å². The monoisotopic (exact) mass is 389 g/mol. The fourth-order valence-electron chi connectivity index (χ4n) is 3.82. The molecular formula is C26H31NO2. The maximum Gasteiger partial charge on any atom is 0.162 e. The molecule has 2 aromatic rings. The van der Waals surface area contributed by atoms with Gasteiger partial charge in [-0.3, -0.25) is 9.79 Å². The summed E-state index contributed by atoms with van der Waals surface area (Å²) < 4.78 is 5.46. The lowest BCUT2D eigenvalue weighted by molar-refractivity contribution is -0.122. The first-order valence-electron chi connectivity index (χ1n) is 10.6. The molecule has 3 heteroatoms. The van der Waals surface area contributed by atoms with E-state index >= 15 is 0 Å². The van der Waals surface area contributed by atoms with Gasteiger partial charge >= 0.3 is 0 Å². The molecule has 0 amide bonds. The third kappa shape index (κ3) is 5.44. The highest BCUT2D eigenvalue weighted by Gasteiger charge is 2.32. The van der Waals surface area contributed by atoms with Gasteiger partial charge in [0.15, 0.2) is 5.78 Å². The number of carbonyl (C=O) groups excluding carboxylic acids is 1. The summed E-state index contributed by atoms with van der Waals surface area (Å²) in [4.78, 5) is 17.4. The number of nitrogens with zero attached hydrogens (tertiary/aromatic N) is 1. The SMILES string of the molecule is CCOc1ccc(C=Nc2ccc(C=C3C(=O)C(C(C)C)CCC3C)cc2)cc1. The van der Waals surface area contributed by atoms with Crippen molar-refractivity contribution in [1.82, 2.24) is 0 Å². The standard InChI is InChI=1S/C26H31NO2/c1-5-29-23-13-9-21(10-14-23)17-27-22-11-7-20(8-12-22)16-25-19(4)6-15-24(18(2)3)26(25)28/h7-14,16-19,24H,5-6,15H2,1-4H3. The summed E-state index contributed by atoms with van der Waals surface area (Å²) >= 11 is 0. The molecule has 0 bridgehead atoms. The number of benzene rings is 2. The molecule has 0 radical (unpaired) electrons. The Bertz CT molecular complexity index is 876. The van der Waals surface area contributed by atoms with Gasteiger partial charge in [-0.2, -0.15) is 0 Å². The predicted octanol–water partition coefficient (Wildman–Crippen LogP) is 6.49. The molecule has 0 aliphatic heterocycles. The summed E-state index contributed by atoms with van der Waals surface area (Å²) in [6.07, 6.45) is 6.02. The molecule has 2 unspecified atom stereocenters. The zero-order valence-corrected chi connectivity index (χ0v) is 17.9. The number of carbonyl (C=O) groups is 1. The number of rotatable bonds is 6. The molecule has 29 heavy (non-hydrogen) atoms. The van der Waals surface area contributed by atoms with Gasteiger partial charge in [-0.15, -0.1) is 0 Å². The van der Waals surface area contributed by atoms with Crippen LogP contribution in [-0.2, 0) is 4.79 Å². The third-order valence-electron chi connectivity index (χ3n) is 5.64. The zero-order valence-electron chi connectivity index (χ0n) is 17.9. The Morgan fingerprint density at radius 1 is 1.03 bits per heavy atom. The number of ether oxygens (including phenoxy) is 1. The van der Waals surface area contributed by atoms with E-state index in [-0.39, 0.29) is 5.92 Å². The molecule has 1 fully saturated rings. The van der Waals surface area contributed by atoms with Crippen molar-refractivity contribution in [2.75, 3.05) is 6.61 Å². The molecule has 0 N–H and O–H groups in total. The minimum absolute atomic E-state index is 0.162. The summed E-state index contributed by atoms with van der Waals surface area (Å²) in [6.45, 7) is 9.09. The highest BCUT2D eigenvalue weighted by atomic mass is 16.5. The van der Waals surface area contributed by atoms with E-state index in [4.69, 9.17) is 4.74 Å². The van der Waals surface area contributed by atoms with Gasteiger partial charge in [-0.25, -0.2) is 0 Å². The third-order valence-corrected chi connectivity index (χ3v) is 5.64. The first-order chi connectivity index (χ1) is 14.0. The van der Waals surface area contributed by atoms with Crippen LogP contribution in [0.1, 0.15) is 51.7 Å². The first-order valence-corrected chi connectivity index (χ1v) is 10.6. The van der Waals surface area contributed by atoms with Gasteiger partial charge < -0.3 is 4.74 Å². The van der Waals surface area contributed by atoms with Crippen molar-refractivity contribution in [3.63, 3.8) is 0 Å². The Kier molecular flexibility index (Phi) is 7.03. The van der Waals surface area contributed by atoms with Gasteiger partial charge in [0, 0.05) is 12.1 Å². The van der Waals surface area contributed by atoms with Crippen LogP contribution in [0.5, 0.6) is 5.75 Å². The Balaban J connectivity index is 1.71. The fraction of sp³-hybridized carbons (Fsp3) is 0.385. The first kappa shape index (κ1) is 21.0. The number of ketones is 1. The van der Waals surface area contributed by atoms with Crippen LogP contribution in [0.3, 0.4) is 0 Å². The van der Waals surface area contributed by atoms with Crippen LogP contribution >= 0.6 is 0 Å². The summed E-state index contributed by atoms with van der Waals surface area (Å²) in [6, 6.07) is 16.0. The van der Waals surface area contributed by atoms with Crippen LogP contribution in [-0.4, -0.2) is 18.6 Å².